The van der Waals surface area contributed by atoms with Crippen molar-refractivity contribution in [3.05, 3.63) is 64.6 Å². The van der Waals surface area contributed by atoms with Crippen LogP contribution in [-0.2, 0) is 4.79 Å². The van der Waals surface area contributed by atoms with Gasteiger partial charge in [-0.15, -0.1) is 0 Å². The van der Waals surface area contributed by atoms with Gasteiger partial charge in [-0.1, -0.05) is 6.07 Å². The van der Waals surface area contributed by atoms with Crippen LogP contribution in [0.2, 0.25) is 0 Å². The molecular weight excluding hydrogens is 312 g/mol. The molecule has 8 nitrogen and oxygen atoms in total. The number of fused-ring (bicyclic) bond motifs is 1. The van der Waals surface area contributed by atoms with Gasteiger partial charge in [0.05, 0.1) is 10.6 Å². The SMILES string of the molecule is Cc1cn2cccc(OCC(=O)Nc3cccc([N+](=O)[O-])c3)c2n1. The van der Waals surface area contributed by atoms with Crippen LogP contribution in [-0.4, -0.2) is 26.8 Å². The van der Waals surface area contributed by atoms with Crippen LogP contribution < -0.4 is 10.1 Å². The summed E-state index contributed by atoms with van der Waals surface area (Å²) in [5, 5.41) is 13.3. The topological polar surface area (TPSA) is 98.8 Å². The van der Waals surface area contributed by atoms with E-state index in [-0.39, 0.29) is 12.3 Å². The third-order valence-corrected chi connectivity index (χ3v) is 3.27. The van der Waals surface area contributed by atoms with Gasteiger partial charge in [-0.05, 0) is 25.1 Å². The highest BCUT2D eigenvalue weighted by Crippen LogP contribution is 2.19. The number of hydrogen-bond donors (Lipinski definition) is 1. The number of carbonyl (C=O) groups is 1. The number of non-ortho nitro benzene ring substituents is 1. The number of aromatic nitrogens is 2. The minimum absolute atomic E-state index is 0.0913. The number of hydrogen-bond acceptors (Lipinski definition) is 5. The minimum atomic E-state index is -0.520. The number of nitrogens with one attached hydrogen (secondary N) is 1. The molecule has 0 aliphatic heterocycles. The Hall–Kier alpha value is -3.42. The van der Waals surface area contributed by atoms with E-state index >= 15 is 0 Å². The molecule has 3 aromatic rings. The Labute approximate surface area is 136 Å². The largest absolute Gasteiger partial charge is 0.480 e. The first-order valence-corrected chi connectivity index (χ1v) is 7.14. The summed E-state index contributed by atoms with van der Waals surface area (Å²) in [7, 11) is 0. The number of nitro groups is 1. The minimum Gasteiger partial charge on any atom is -0.480 e. The van der Waals surface area contributed by atoms with Gasteiger partial charge in [0, 0.05) is 30.2 Å². The summed E-state index contributed by atoms with van der Waals surface area (Å²) in [5.74, 6) is 0.0700. The molecule has 0 aliphatic rings. The predicted octanol–water partition coefficient (Wildman–Crippen LogP) is 2.57. The average Bonchev–Trinajstić information content (AvgIpc) is 2.94. The molecule has 0 saturated heterocycles. The molecule has 8 heteroatoms. The zero-order valence-corrected chi connectivity index (χ0v) is 12.8. The summed E-state index contributed by atoms with van der Waals surface area (Å²) in [4.78, 5) is 26.5. The first-order valence-electron chi connectivity index (χ1n) is 7.14. The second-order valence-electron chi connectivity index (χ2n) is 5.13. The maximum absolute atomic E-state index is 12.0. The number of imidazole rings is 1. The number of carbonyl (C=O) groups excluding carboxylic acids is 1. The van der Waals surface area contributed by atoms with Gasteiger partial charge in [0.1, 0.15) is 0 Å². The Morgan fingerprint density at radius 1 is 1.38 bits per heavy atom. The Morgan fingerprint density at radius 2 is 2.21 bits per heavy atom. The van der Waals surface area contributed by atoms with Crippen LogP contribution in [0.3, 0.4) is 0 Å². The number of pyridine rings is 1. The van der Waals surface area contributed by atoms with E-state index in [9.17, 15) is 14.9 Å². The lowest BCUT2D eigenvalue weighted by Gasteiger charge is -2.08. The first-order chi connectivity index (χ1) is 11.5. The molecular formula is C16H14N4O4. The van der Waals surface area contributed by atoms with E-state index in [2.05, 4.69) is 10.3 Å². The Kier molecular flexibility index (Phi) is 4.11. The number of anilines is 1. The lowest BCUT2D eigenvalue weighted by molar-refractivity contribution is -0.384. The molecule has 0 bridgehead atoms. The van der Waals surface area contributed by atoms with Gasteiger partial charge in [-0.25, -0.2) is 4.98 Å². The highest BCUT2D eigenvalue weighted by atomic mass is 16.6. The van der Waals surface area contributed by atoms with Crippen molar-refractivity contribution in [2.45, 2.75) is 6.92 Å². The third kappa shape index (κ3) is 3.32. The van der Waals surface area contributed by atoms with Crippen LogP contribution in [0.4, 0.5) is 11.4 Å². The van der Waals surface area contributed by atoms with Gasteiger partial charge in [-0.3, -0.25) is 14.9 Å². The van der Waals surface area contributed by atoms with Crippen LogP contribution in [0.25, 0.3) is 5.65 Å². The lowest BCUT2D eigenvalue weighted by Crippen LogP contribution is -2.20. The van der Waals surface area contributed by atoms with Gasteiger partial charge < -0.3 is 14.5 Å². The van der Waals surface area contributed by atoms with Gasteiger partial charge in [0.25, 0.3) is 11.6 Å². The van der Waals surface area contributed by atoms with Crippen LogP contribution in [0.15, 0.2) is 48.8 Å². The van der Waals surface area contributed by atoms with E-state index in [1.54, 1.807) is 18.2 Å². The molecule has 0 unspecified atom stereocenters. The molecule has 0 radical (unpaired) electrons. The molecule has 0 saturated carbocycles. The third-order valence-electron chi connectivity index (χ3n) is 3.27. The molecule has 0 atom stereocenters. The molecule has 24 heavy (non-hydrogen) atoms. The summed E-state index contributed by atoms with van der Waals surface area (Å²) < 4.78 is 7.32. The number of nitro benzene ring substituents is 1. The van der Waals surface area contributed by atoms with E-state index in [1.807, 2.05) is 23.7 Å². The zero-order chi connectivity index (χ0) is 17.1. The van der Waals surface area contributed by atoms with Crippen molar-refractivity contribution < 1.29 is 14.5 Å². The summed E-state index contributed by atoms with van der Waals surface area (Å²) >= 11 is 0. The predicted molar refractivity (Wildman–Crippen MR) is 87.2 cm³/mol. The van der Waals surface area contributed by atoms with Crippen LogP contribution in [0, 0.1) is 17.0 Å². The highest BCUT2D eigenvalue weighted by molar-refractivity contribution is 5.92. The second kappa shape index (κ2) is 6.37. The number of amides is 1. The Bertz CT molecular complexity index is 919. The van der Waals surface area contributed by atoms with Crippen molar-refractivity contribution in [1.82, 2.24) is 9.38 Å². The standard InChI is InChI=1S/C16H14N4O4/c1-11-9-19-7-3-6-14(16(19)17-11)24-10-15(21)18-12-4-2-5-13(8-12)20(22)23/h2-9H,10H2,1H3,(H,18,21). The second-order valence-corrected chi connectivity index (χ2v) is 5.13. The van der Waals surface area contributed by atoms with Gasteiger partial charge in [0.15, 0.2) is 18.0 Å². The van der Waals surface area contributed by atoms with Crippen molar-refractivity contribution in [3.63, 3.8) is 0 Å². The maximum atomic E-state index is 12.0. The molecule has 2 aromatic heterocycles. The number of ether oxygens (including phenoxy) is 1. The quantitative estimate of drug-likeness (QED) is 0.574. The van der Waals surface area contributed by atoms with Crippen molar-refractivity contribution in [3.8, 4) is 5.75 Å². The molecule has 1 amide bonds. The Balaban J connectivity index is 1.67. The molecule has 2 heterocycles. The number of rotatable bonds is 5. The average molecular weight is 326 g/mol. The highest BCUT2D eigenvalue weighted by Gasteiger charge is 2.10. The fraction of sp³-hybridized carbons (Fsp3) is 0.125. The summed E-state index contributed by atoms with van der Waals surface area (Å²) in [6.45, 7) is 1.64. The van der Waals surface area contributed by atoms with Crippen LogP contribution in [0.5, 0.6) is 5.75 Å². The van der Waals surface area contributed by atoms with Crippen molar-refractivity contribution in [2.75, 3.05) is 11.9 Å². The molecule has 122 valence electrons. The Morgan fingerprint density at radius 3 is 3.00 bits per heavy atom. The lowest BCUT2D eigenvalue weighted by atomic mass is 10.3. The number of aryl methyl sites for hydroxylation is 1. The van der Waals surface area contributed by atoms with E-state index < -0.39 is 10.8 Å². The zero-order valence-electron chi connectivity index (χ0n) is 12.8. The summed E-state index contributed by atoms with van der Waals surface area (Å²) in [6.07, 6.45) is 3.69. The van der Waals surface area contributed by atoms with Gasteiger partial charge >= 0.3 is 0 Å². The van der Waals surface area contributed by atoms with E-state index in [0.29, 0.717) is 17.1 Å². The summed E-state index contributed by atoms with van der Waals surface area (Å²) in [6, 6.07) is 9.24. The molecule has 0 aliphatic carbocycles. The molecule has 0 fully saturated rings. The van der Waals surface area contributed by atoms with E-state index in [0.717, 1.165) is 5.69 Å². The van der Waals surface area contributed by atoms with Crippen molar-refractivity contribution >= 4 is 22.9 Å². The van der Waals surface area contributed by atoms with E-state index in [1.165, 1.54) is 18.2 Å². The van der Waals surface area contributed by atoms with Gasteiger partial charge in [0.2, 0.25) is 0 Å². The molecule has 3 rings (SSSR count). The fourth-order valence-corrected chi connectivity index (χ4v) is 2.26. The molecule has 1 N–H and O–H groups in total. The monoisotopic (exact) mass is 326 g/mol. The molecule has 1 aromatic carbocycles. The normalized spacial score (nSPS) is 10.5. The fourth-order valence-electron chi connectivity index (χ4n) is 2.26. The van der Waals surface area contributed by atoms with E-state index in [4.69, 9.17) is 4.74 Å². The van der Waals surface area contributed by atoms with Crippen molar-refractivity contribution in [2.24, 2.45) is 0 Å². The number of benzene rings is 1. The van der Waals surface area contributed by atoms with Crippen LogP contribution >= 0.6 is 0 Å². The first kappa shape index (κ1) is 15.5. The molecule has 0 spiro atoms. The van der Waals surface area contributed by atoms with Crippen LogP contribution in [0.1, 0.15) is 5.69 Å². The van der Waals surface area contributed by atoms with Gasteiger partial charge in [-0.2, -0.15) is 0 Å². The van der Waals surface area contributed by atoms with Crippen molar-refractivity contribution in [1.29, 1.82) is 0 Å². The smallest absolute Gasteiger partial charge is 0.271 e. The number of nitrogens with zero attached hydrogens (tertiary/aromatic N) is 3. The summed E-state index contributed by atoms with van der Waals surface area (Å²) in [5.41, 5.74) is 1.71. The maximum Gasteiger partial charge on any atom is 0.271 e.